The van der Waals surface area contributed by atoms with Crippen molar-refractivity contribution in [1.82, 2.24) is 4.31 Å². The van der Waals surface area contributed by atoms with Gasteiger partial charge in [-0.2, -0.15) is 0 Å². The summed E-state index contributed by atoms with van der Waals surface area (Å²) >= 11 is 11.8. The zero-order chi connectivity index (χ0) is 18.4. The topological polar surface area (TPSA) is 110 Å². The van der Waals surface area contributed by atoms with Gasteiger partial charge in [0, 0.05) is 11.1 Å². The Morgan fingerprint density at radius 2 is 1.88 bits per heavy atom. The van der Waals surface area contributed by atoms with Crippen molar-refractivity contribution in [3.63, 3.8) is 0 Å². The number of carbonyl (C=O) groups excluding carboxylic acids is 1. The fourth-order valence-corrected chi connectivity index (χ4v) is 4.72. The van der Waals surface area contributed by atoms with Crippen LogP contribution in [-0.4, -0.2) is 23.7 Å². The number of urea groups is 1. The summed E-state index contributed by atoms with van der Waals surface area (Å²) in [5.74, 6) is 0. The number of para-hydroxylation sites is 1. The monoisotopic (exact) mass is 401 g/mol. The Morgan fingerprint density at radius 1 is 1.20 bits per heavy atom. The number of benzene rings is 2. The van der Waals surface area contributed by atoms with E-state index in [2.05, 4.69) is 5.32 Å². The second-order valence-electron chi connectivity index (χ2n) is 5.09. The molecule has 1 aliphatic rings. The van der Waals surface area contributed by atoms with Gasteiger partial charge >= 0.3 is 6.03 Å². The van der Waals surface area contributed by atoms with Gasteiger partial charge in [0.2, 0.25) is 0 Å². The summed E-state index contributed by atoms with van der Waals surface area (Å²) in [5.41, 5.74) is -0.264. The molecule has 3 rings (SSSR count). The quantitative estimate of drug-likeness (QED) is 0.623. The summed E-state index contributed by atoms with van der Waals surface area (Å²) in [6.07, 6.45) is 0. The SMILES string of the molecule is O=C1Nc2cc(Cl)cc(Cl)c2S(=O)(=O)N1Cc1ccccc1[N+](=O)[O-]. The predicted octanol–water partition coefficient (Wildman–Crippen LogP) is 3.64. The Bertz CT molecular complexity index is 1010. The van der Waals surface area contributed by atoms with Crippen molar-refractivity contribution in [3.8, 4) is 0 Å². The van der Waals surface area contributed by atoms with Crippen LogP contribution in [0.4, 0.5) is 16.2 Å². The van der Waals surface area contributed by atoms with Crippen molar-refractivity contribution in [3.05, 3.63) is 62.1 Å². The molecule has 2 amide bonds. The van der Waals surface area contributed by atoms with E-state index in [-0.39, 0.29) is 31.9 Å². The Labute approximate surface area is 152 Å². The molecule has 0 aromatic heterocycles. The highest BCUT2D eigenvalue weighted by Gasteiger charge is 2.39. The van der Waals surface area contributed by atoms with Crippen LogP contribution in [0.1, 0.15) is 5.56 Å². The fraction of sp³-hybridized carbons (Fsp3) is 0.0714. The second kappa shape index (κ2) is 6.17. The van der Waals surface area contributed by atoms with Crippen LogP contribution in [0.3, 0.4) is 0 Å². The number of fused-ring (bicyclic) bond motifs is 1. The van der Waals surface area contributed by atoms with Crippen LogP contribution in [0.5, 0.6) is 0 Å². The molecule has 1 aliphatic heterocycles. The van der Waals surface area contributed by atoms with E-state index in [9.17, 15) is 23.3 Å². The highest BCUT2D eigenvalue weighted by molar-refractivity contribution is 7.90. The number of hydrogen-bond acceptors (Lipinski definition) is 5. The highest BCUT2D eigenvalue weighted by atomic mass is 35.5. The van der Waals surface area contributed by atoms with Crippen molar-refractivity contribution < 1.29 is 18.1 Å². The minimum absolute atomic E-state index is 0.0405. The number of nitro benzene ring substituents is 1. The van der Waals surface area contributed by atoms with Crippen LogP contribution < -0.4 is 5.32 Å². The molecule has 0 aliphatic carbocycles. The van der Waals surface area contributed by atoms with Gasteiger partial charge in [0.15, 0.2) is 0 Å². The molecule has 1 N–H and O–H groups in total. The maximum atomic E-state index is 12.8. The normalized spacial score (nSPS) is 15.4. The smallest absolute Gasteiger partial charge is 0.306 e. The molecule has 0 radical (unpaired) electrons. The third-order valence-electron chi connectivity index (χ3n) is 3.53. The van der Waals surface area contributed by atoms with E-state index in [0.29, 0.717) is 4.31 Å². The van der Waals surface area contributed by atoms with E-state index in [1.165, 1.54) is 36.4 Å². The number of halogens is 2. The molecule has 130 valence electrons. The van der Waals surface area contributed by atoms with Gasteiger partial charge < -0.3 is 5.32 Å². The van der Waals surface area contributed by atoms with E-state index >= 15 is 0 Å². The lowest BCUT2D eigenvalue weighted by molar-refractivity contribution is -0.385. The summed E-state index contributed by atoms with van der Waals surface area (Å²) in [6, 6.07) is 7.10. The van der Waals surface area contributed by atoms with Crippen LogP contribution in [0.15, 0.2) is 41.3 Å². The van der Waals surface area contributed by atoms with Crippen molar-refractivity contribution in [2.45, 2.75) is 11.4 Å². The minimum Gasteiger partial charge on any atom is -0.306 e. The zero-order valence-electron chi connectivity index (χ0n) is 12.3. The lowest BCUT2D eigenvalue weighted by Crippen LogP contribution is -2.43. The van der Waals surface area contributed by atoms with Crippen molar-refractivity contribution >= 4 is 50.6 Å². The second-order valence-corrected chi connectivity index (χ2v) is 7.73. The first kappa shape index (κ1) is 17.5. The maximum Gasteiger partial charge on any atom is 0.336 e. The number of sulfonamides is 1. The Hall–Kier alpha value is -2.36. The third kappa shape index (κ3) is 3.01. The molecule has 2 aromatic carbocycles. The number of hydrogen-bond donors (Lipinski definition) is 1. The molecule has 25 heavy (non-hydrogen) atoms. The Morgan fingerprint density at radius 3 is 2.56 bits per heavy atom. The van der Waals surface area contributed by atoms with Gasteiger partial charge in [0.25, 0.3) is 15.7 Å². The number of nitrogens with one attached hydrogen (secondary N) is 1. The number of anilines is 1. The van der Waals surface area contributed by atoms with Gasteiger partial charge in [0.05, 0.1) is 27.7 Å². The van der Waals surface area contributed by atoms with Crippen molar-refractivity contribution in [2.75, 3.05) is 5.32 Å². The molecular formula is C14H9Cl2N3O5S. The molecule has 0 bridgehead atoms. The molecule has 0 unspecified atom stereocenters. The van der Waals surface area contributed by atoms with E-state index in [0.717, 1.165) is 0 Å². The molecule has 1 heterocycles. The van der Waals surface area contributed by atoms with Crippen molar-refractivity contribution in [2.24, 2.45) is 0 Å². The van der Waals surface area contributed by atoms with E-state index in [4.69, 9.17) is 23.2 Å². The first-order valence-corrected chi connectivity index (χ1v) is 8.96. The molecular weight excluding hydrogens is 393 g/mol. The number of rotatable bonds is 3. The molecule has 11 heteroatoms. The third-order valence-corrected chi connectivity index (χ3v) is 5.99. The predicted molar refractivity (Wildman–Crippen MR) is 91.3 cm³/mol. The molecule has 2 aromatic rings. The summed E-state index contributed by atoms with van der Waals surface area (Å²) in [7, 11) is -4.31. The van der Waals surface area contributed by atoms with Crippen LogP contribution in [0, 0.1) is 10.1 Å². The largest absolute Gasteiger partial charge is 0.336 e. The molecule has 0 atom stereocenters. The van der Waals surface area contributed by atoms with Gasteiger partial charge in [-0.1, -0.05) is 41.4 Å². The first-order chi connectivity index (χ1) is 11.7. The molecule has 0 saturated heterocycles. The molecule has 0 fully saturated rings. The van der Waals surface area contributed by atoms with Crippen LogP contribution in [0.25, 0.3) is 0 Å². The highest BCUT2D eigenvalue weighted by Crippen LogP contribution is 2.39. The first-order valence-electron chi connectivity index (χ1n) is 6.77. The molecule has 0 spiro atoms. The van der Waals surface area contributed by atoms with E-state index in [1.807, 2.05) is 0 Å². The number of nitro groups is 1. The summed E-state index contributed by atoms with van der Waals surface area (Å²) in [6.45, 7) is -0.510. The minimum atomic E-state index is -4.31. The van der Waals surface area contributed by atoms with Crippen LogP contribution >= 0.6 is 23.2 Å². The summed E-state index contributed by atoms with van der Waals surface area (Å²) in [5, 5.41) is 13.5. The van der Waals surface area contributed by atoms with Gasteiger partial charge in [-0.15, -0.1) is 0 Å². The van der Waals surface area contributed by atoms with Gasteiger partial charge in [-0.3, -0.25) is 10.1 Å². The van der Waals surface area contributed by atoms with Gasteiger partial charge in [-0.05, 0) is 12.1 Å². The standard InChI is InChI=1S/C14H9Cl2N3O5S/c15-9-5-10(16)13-11(6-9)17-14(20)18(25(13,23)24)7-8-3-1-2-4-12(8)19(21)22/h1-6H,7H2,(H,17,20). The lowest BCUT2D eigenvalue weighted by atomic mass is 10.2. The molecule has 0 saturated carbocycles. The van der Waals surface area contributed by atoms with E-state index < -0.39 is 27.5 Å². The lowest BCUT2D eigenvalue weighted by Gasteiger charge is -2.29. The van der Waals surface area contributed by atoms with E-state index in [1.54, 1.807) is 0 Å². The van der Waals surface area contributed by atoms with Crippen molar-refractivity contribution in [1.29, 1.82) is 0 Å². The van der Waals surface area contributed by atoms with Gasteiger partial charge in [0.1, 0.15) is 4.90 Å². The van der Waals surface area contributed by atoms with Crippen LogP contribution in [-0.2, 0) is 16.6 Å². The Balaban J connectivity index is 2.10. The fourth-order valence-electron chi connectivity index (χ4n) is 2.45. The van der Waals surface area contributed by atoms with Crippen LogP contribution in [0.2, 0.25) is 10.0 Å². The molecule has 8 nitrogen and oxygen atoms in total. The Kier molecular flexibility index (Phi) is 4.31. The average molecular weight is 402 g/mol. The number of amides is 2. The van der Waals surface area contributed by atoms with Gasteiger partial charge in [-0.25, -0.2) is 17.5 Å². The maximum absolute atomic E-state index is 12.8. The average Bonchev–Trinajstić information content (AvgIpc) is 2.50. The summed E-state index contributed by atoms with van der Waals surface area (Å²) in [4.78, 5) is 22.4. The number of carbonyl (C=O) groups is 1. The zero-order valence-corrected chi connectivity index (χ0v) is 14.6. The number of nitrogens with zero attached hydrogens (tertiary/aromatic N) is 2. The summed E-state index contributed by atoms with van der Waals surface area (Å²) < 4.78 is 26.1.